The predicted molar refractivity (Wildman–Crippen MR) is 81.0 cm³/mol. The van der Waals surface area contributed by atoms with Gasteiger partial charge in [-0.2, -0.15) is 0 Å². The Morgan fingerprint density at radius 1 is 1.50 bits per heavy atom. The summed E-state index contributed by atoms with van der Waals surface area (Å²) in [7, 11) is 0. The smallest absolute Gasteiger partial charge is 0.317 e. The Morgan fingerprint density at radius 3 is 2.80 bits per heavy atom. The maximum Gasteiger partial charge on any atom is 0.317 e. The van der Waals surface area contributed by atoms with Gasteiger partial charge in [-0.1, -0.05) is 6.92 Å². The number of amides is 2. The number of nitrogens with zero attached hydrogens (tertiary/aromatic N) is 1. The topological polar surface area (TPSA) is 69.6 Å². The van der Waals surface area contributed by atoms with Gasteiger partial charge in [0.05, 0.1) is 9.70 Å². The first-order valence-corrected chi connectivity index (χ1v) is 8.08. The summed E-state index contributed by atoms with van der Waals surface area (Å²) >= 11 is 5.05. The molecule has 2 rings (SSSR count). The van der Waals surface area contributed by atoms with Gasteiger partial charge in [0.15, 0.2) is 0 Å². The number of hydrogen-bond donors (Lipinski definition) is 2. The summed E-state index contributed by atoms with van der Waals surface area (Å²) in [6.07, 6.45) is 0.785. The van der Waals surface area contributed by atoms with Crippen molar-refractivity contribution in [3.63, 3.8) is 0 Å². The molecule has 0 aliphatic carbocycles. The fourth-order valence-corrected chi connectivity index (χ4v) is 3.83. The minimum atomic E-state index is -0.823. The number of urea groups is 1. The lowest BCUT2D eigenvalue weighted by Gasteiger charge is -2.16. The molecular weight excluding hydrogens is 344 g/mol. The normalized spacial score (nSPS) is 22.0. The lowest BCUT2D eigenvalue weighted by Crippen LogP contribution is -2.39. The molecule has 0 spiro atoms. The van der Waals surface area contributed by atoms with Crippen molar-refractivity contribution in [1.82, 2.24) is 10.2 Å². The zero-order valence-corrected chi connectivity index (χ0v) is 13.5. The number of halogens is 1. The van der Waals surface area contributed by atoms with E-state index in [1.165, 1.54) is 4.88 Å². The molecule has 110 valence electrons. The first kappa shape index (κ1) is 15.3. The fraction of sp³-hybridized carbons (Fsp3) is 0.538. The Kier molecular flexibility index (Phi) is 5.04. The lowest BCUT2D eigenvalue weighted by molar-refractivity contribution is -0.142. The van der Waals surface area contributed by atoms with Gasteiger partial charge in [-0.25, -0.2) is 4.79 Å². The predicted octanol–water partition coefficient (Wildman–Crippen LogP) is 2.42. The molecule has 5 nitrogen and oxygen atoms in total. The van der Waals surface area contributed by atoms with E-state index in [2.05, 4.69) is 21.2 Å². The van der Waals surface area contributed by atoms with Crippen LogP contribution in [-0.4, -0.2) is 41.6 Å². The maximum absolute atomic E-state index is 12.0. The quantitative estimate of drug-likeness (QED) is 0.865. The Hall–Kier alpha value is -1.08. The monoisotopic (exact) mass is 360 g/mol. The molecule has 1 aliphatic heterocycles. The molecule has 0 unspecified atom stereocenters. The Bertz CT molecular complexity index is 506. The highest BCUT2D eigenvalue weighted by atomic mass is 79.9. The average Bonchev–Trinajstić information content (AvgIpc) is 2.95. The van der Waals surface area contributed by atoms with Gasteiger partial charge < -0.3 is 15.3 Å². The summed E-state index contributed by atoms with van der Waals surface area (Å²) in [5.74, 6) is -1.27. The summed E-state index contributed by atoms with van der Waals surface area (Å²) in [6.45, 7) is 3.24. The largest absolute Gasteiger partial charge is 0.481 e. The summed E-state index contributed by atoms with van der Waals surface area (Å²) in [6, 6.07) is 3.84. The second-order valence-corrected chi connectivity index (χ2v) is 7.56. The summed E-state index contributed by atoms with van der Waals surface area (Å²) in [5.41, 5.74) is 0. The standard InChI is InChI=1S/C13H17BrN2O3S/c1-8-6-16(7-10(8)12(17)18)13(19)15-5-4-9-2-3-11(14)20-9/h2-3,8,10H,4-7H2,1H3,(H,15,19)(H,17,18)/t8-,10-/m1/s1. The fourth-order valence-electron chi connectivity index (χ4n) is 2.34. The number of hydrogen-bond acceptors (Lipinski definition) is 3. The van der Waals surface area contributed by atoms with Gasteiger partial charge in [-0.3, -0.25) is 4.79 Å². The number of carboxylic acid groups (broad SMARTS) is 1. The van der Waals surface area contributed by atoms with Crippen LogP contribution in [0, 0.1) is 11.8 Å². The van der Waals surface area contributed by atoms with E-state index in [1.807, 2.05) is 19.1 Å². The number of carboxylic acids is 1. The summed E-state index contributed by atoms with van der Waals surface area (Å²) < 4.78 is 1.08. The van der Waals surface area contributed by atoms with Crippen molar-refractivity contribution in [1.29, 1.82) is 0 Å². The molecule has 2 N–H and O–H groups in total. The molecule has 1 saturated heterocycles. The number of carbonyl (C=O) groups excluding carboxylic acids is 1. The van der Waals surface area contributed by atoms with Crippen molar-refractivity contribution >= 4 is 39.3 Å². The van der Waals surface area contributed by atoms with Crippen LogP contribution in [-0.2, 0) is 11.2 Å². The van der Waals surface area contributed by atoms with Gasteiger partial charge >= 0.3 is 12.0 Å². The van der Waals surface area contributed by atoms with Gasteiger partial charge in [0.25, 0.3) is 0 Å². The van der Waals surface area contributed by atoms with Crippen LogP contribution in [0.4, 0.5) is 4.79 Å². The van der Waals surface area contributed by atoms with Gasteiger partial charge in [0.2, 0.25) is 0 Å². The van der Waals surface area contributed by atoms with E-state index in [-0.39, 0.29) is 11.9 Å². The highest BCUT2D eigenvalue weighted by molar-refractivity contribution is 9.11. The molecule has 1 aliphatic rings. The van der Waals surface area contributed by atoms with Crippen LogP contribution in [0.5, 0.6) is 0 Å². The second-order valence-electron chi connectivity index (χ2n) is 5.01. The zero-order valence-electron chi connectivity index (χ0n) is 11.1. The maximum atomic E-state index is 12.0. The zero-order chi connectivity index (χ0) is 14.7. The molecule has 0 saturated carbocycles. The Morgan fingerprint density at radius 2 is 2.25 bits per heavy atom. The van der Waals surface area contributed by atoms with E-state index < -0.39 is 11.9 Å². The molecular formula is C13H17BrN2O3S. The minimum absolute atomic E-state index is 0.00602. The molecule has 0 radical (unpaired) electrons. The number of rotatable bonds is 4. The van der Waals surface area contributed by atoms with E-state index in [4.69, 9.17) is 5.11 Å². The number of thiophene rings is 1. The highest BCUT2D eigenvalue weighted by Crippen LogP contribution is 2.23. The highest BCUT2D eigenvalue weighted by Gasteiger charge is 2.36. The van der Waals surface area contributed by atoms with Crippen molar-refractivity contribution in [2.45, 2.75) is 13.3 Å². The minimum Gasteiger partial charge on any atom is -0.481 e. The van der Waals surface area contributed by atoms with Crippen LogP contribution in [0.25, 0.3) is 0 Å². The van der Waals surface area contributed by atoms with Crippen LogP contribution in [0.3, 0.4) is 0 Å². The molecule has 7 heteroatoms. The third kappa shape index (κ3) is 3.73. The van der Waals surface area contributed by atoms with E-state index in [0.29, 0.717) is 19.6 Å². The third-order valence-corrected chi connectivity index (χ3v) is 5.18. The molecule has 2 atom stereocenters. The molecule has 0 bridgehead atoms. The molecule has 2 amide bonds. The SMILES string of the molecule is C[C@@H]1CN(C(=O)NCCc2ccc(Br)s2)C[C@H]1C(=O)O. The molecule has 1 aromatic rings. The van der Waals surface area contributed by atoms with Gasteiger partial charge in [0.1, 0.15) is 0 Å². The molecule has 1 aromatic heterocycles. The molecule has 20 heavy (non-hydrogen) atoms. The van der Waals surface area contributed by atoms with Crippen molar-refractivity contribution in [3.8, 4) is 0 Å². The van der Waals surface area contributed by atoms with Gasteiger partial charge in [-0.15, -0.1) is 11.3 Å². The lowest BCUT2D eigenvalue weighted by atomic mass is 9.99. The number of aliphatic carboxylic acids is 1. The molecule has 0 aromatic carbocycles. The molecule has 2 heterocycles. The second kappa shape index (κ2) is 6.58. The van der Waals surface area contributed by atoms with E-state index in [1.54, 1.807) is 16.2 Å². The Labute approximate surface area is 130 Å². The van der Waals surface area contributed by atoms with Gasteiger partial charge in [0, 0.05) is 24.5 Å². The van der Waals surface area contributed by atoms with Crippen LogP contribution >= 0.6 is 27.3 Å². The summed E-state index contributed by atoms with van der Waals surface area (Å²) in [4.78, 5) is 25.8. The van der Waals surface area contributed by atoms with Crippen LogP contribution in [0.1, 0.15) is 11.8 Å². The number of likely N-dealkylation sites (tertiary alicyclic amines) is 1. The van der Waals surface area contributed by atoms with Crippen molar-refractivity contribution in [2.24, 2.45) is 11.8 Å². The average molecular weight is 361 g/mol. The van der Waals surface area contributed by atoms with E-state index >= 15 is 0 Å². The van der Waals surface area contributed by atoms with Gasteiger partial charge in [-0.05, 0) is 40.4 Å². The van der Waals surface area contributed by atoms with Crippen LogP contribution in [0.15, 0.2) is 15.9 Å². The first-order chi connectivity index (χ1) is 9.47. The summed E-state index contributed by atoms with van der Waals surface area (Å²) in [5, 5.41) is 11.9. The van der Waals surface area contributed by atoms with Crippen molar-refractivity contribution in [2.75, 3.05) is 19.6 Å². The van der Waals surface area contributed by atoms with Crippen LogP contribution < -0.4 is 5.32 Å². The third-order valence-electron chi connectivity index (χ3n) is 3.49. The Balaban J connectivity index is 1.77. The van der Waals surface area contributed by atoms with E-state index in [0.717, 1.165) is 10.2 Å². The first-order valence-electron chi connectivity index (χ1n) is 6.47. The van der Waals surface area contributed by atoms with Crippen molar-refractivity contribution in [3.05, 3.63) is 20.8 Å². The van der Waals surface area contributed by atoms with Crippen LogP contribution in [0.2, 0.25) is 0 Å². The molecule has 1 fully saturated rings. The number of nitrogens with one attached hydrogen (secondary N) is 1. The number of carbonyl (C=O) groups is 2. The van der Waals surface area contributed by atoms with E-state index in [9.17, 15) is 9.59 Å². The van der Waals surface area contributed by atoms with Crippen molar-refractivity contribution < 1.29 is 14.7 Å².